The third-order valence-electron chi connectivity index (χ3n) is 4.18. The van der Waals surface area contributed by atoms with Gasteiger partial charge in [-0.1, -0.05) is 42.5 Å². The Labute approximate surface area is 120 Å². The third kappa shape index (κ3) is 3.26. The van der Waals surface area contributed by atoms with Gasteiger partial charge in [-0.25, -0.2) is 4.39 Å². The van der Waals surface area contributed by atoms with Crippen LogP contribution in [0.2, 0.25) is 0 Å². The van der Waals surface area contributed by atoms with E-state index in [4.69, 9.17) is 0 Å². The van der Waals surface area contributed by atoms with Gasteiger partial charge < -0.3 is 0 Å². The first-order chi connectivity index (χ1) is 9.81. The number of hydrogen-bond donors (Lipinski definition) is 0. The summed E-state index contributed by atoms with van der Waals surface area (Å²) in [5.41, 5.74) is 2.67. The molecule has 0 amide bonds. The maximum Gasteiger partial charge on any atom is 0.123 e. The number of halogens is 1. The van der Waals surface area contributed by atoms with E-state index in [0.717, 1.165) is 19.6 Å². The first-order valence-electron chi connectivity index (χ1n) is 7.33. The minimum atomic E-state index is -0.143. The minimum Gasteiger partial charge on any atom is -0.299 e. The highest BCUT2D eigenvalue weighted by atomic mass is 19.1. The highest BCUT2D eigenvalue weighted by Crippen LogP contribution is 2.28. The standard InChI is InChI=1S/C18H20FN/c19-18-8-6-16(7-9-18)17-10-12-20(13-11-17)14-15-4-2-1-3-5-15/h1-9,17H,10-14H2. The summed E-state index contributed by atoms with van der Waals surface area (Å²) >= 11 is 0. The smallest absolute Gasteiger partial charge is 0.123 e. The SMILES string of the molecule is Fc1ccc(C2CCN(Cc3ccccc3)CC2)cc1. The summed E-state index contributed by atoms with van der Waals surface area (Å²) in [4.78, 5) is 2.51. The molecular weight excluding hydrogens is 249 g/mol. The number of hydrogen-bond acceptors (Lipinski definition) is 1. The first-order valence-corrected chi connectivity index (χ1v) is 7.33. The maximum atomic E-state index is 12.9. The zero-order valence-corrected chi connectivity index (χ0v) is 11.6. The third-order valence-corrected chi connectivity index (χ3v) is 4.18. The van der Waals surface area contributed by atoms with Crippen molar-refractivity contribution < 1.29 is 4.39 Å². The molecule has 0 unspecified atom stereocenters. The van der Waals surface area contributed by atoms with Crippen molar-refractivity contribution in [2.24, 2.45) is 0 Å². The Kier molecular flexibility index (Phi) is 4.12. The van der Waals surface area contributed by atoms with Gasteiger partial charge in [-0.3, -0.25) is 4.90 Å². The van der Waals surface area contributed by atoms with E-state index in [-0.39, 0.29) is 5.82 Å². The summed E-state index contributed by atoms with van der Waals surface area (Å²) in [7, 11) is 0. The summed E-state index contributed by atoms with van der Waals surface area (Å²) in [5.74, 6) is 0.442. The molecule has 0 radical (unpaired) electrons. The van der Waals surface area contributed by atoms with Gasteiger partial charge >= 0.3 is 0 Å². The normalized spacial score (nSPS) is 17.2. The highest BCUT2D eigenvalue weighted by Gasteiger charge is 2.20. The van der Waals surface area contributed by atoms with Gasteiger partial charge in [0.05, 0.1) is 0 Å². The lowest BCUT2D eigenvalue weighted by Gasteiger charge is -2.32. The number of benzene rings is 2. The second-order valence-corrected chi connectivity index (χ2v) is 5.59. The molecule has 1 fully saturated rings. The molecule has 2 aromatic carbocycles. The van der Waals surface area contributed by atoms with Gasteiger partial charge in [0.1, 0.15) is 5.82 Å². The lowest BCUT2D eigenvalue weighted by molar-refractivity contribution is 0.204. The predicted molar refractivity (Wildman–Crippen MR) is 80.1 cm³/mol. The van der Waals surface area contributed by atoms with Gasteiger partial charge in [-0.15, -0.1) is 0 Å². The van der Waals surface area contributed by atoms with Crippen molar-refractivity contribution in [3.05, 3.63) is 71.5 Å². The van der Waals surface area contributed by atoms with Crippen molar-refractivity contribution in [3.8, 4) is 0 Å². The molecule has 3 rings (SSSR count). The van der Waals surface area contributed by atoms with Crippen LogP contribution < -0.4 is 0 Å². The Balaban J connectivity index is 1.55. The van der Waals surface area contributed by atoms with Crippen molar-refractivity contribution >= 4 is 0 Å². The van der Waals surface area contributed by atoms with Crippen LogP contribution in [-0.2, 0) is 6.54 Å². The van der Waals surface area contributed by atoms with E-state index in [0.29, 0.717) is 5.92 Å². The molecular formula is C18H20FN. The van der Waals surface area contributed by atoms with Crippen molar-refractivity contribution in [3.63, 3.8) is 0 Å². The number of nitrogens with zero attached hydrogens (tertiary/aromatic N) is 1. The van der Waals surface area contributed by atoms with E-state index in [2.05, 4.69) is 35.2 Å². The summed E-state index contributed by atoms with van der Waals surface area (Å²) < 4.78 is 12.9. The fourth-order valence-electron chi connectivity index (χ4n) is 3.00. The number of rotatable bonds is 3. The van der Waals surface area contributed by atoms with Crippen LogP contribution in [0.3, 0.4) is 0 Å². The van der Waals surface area contributed by atoms with Gasteiger partial charge in [-0.2, -0.15) is 0 Å². The van der Waals surface area contributed by atoms with E-state index >= 15 is 0 Å². The molecule has 0 atom stereocenters. The van der Waals surface area contributed by atoms with Crippen LogP contribution >= 0.6 is 0 Å². The Morgan fingerprint density at radius 2 is 1.55 bits per heavy atom. The van der Waals surface area contributed by atoms with Crippen molar-refractivity contribution in [1.82, 2.24) is 4.90 Å². The van der Waals surface area contributed by atoms with Crippen LogP contribution in [0.4, 0.5) is 4.39 Å². The van der Waals surface area contributed by atoms with E-state index < -0.39 is 0 Å². The van der Waals surface area contributed by atoms with Crippen LogP contribution in [0.1, 0.15) is 29.9 Å². The molecule has 1 aliphatic rings. The molecule has 0 bridgehead atoms. The van der Waals surface area contributed by atoms with Gasteiger partial charge in [-0.05, 0) is 55.1 Å². The van der Waals surface area contributed by atoms with Crippen LogP contribution in [0.25, 0.3) is 0 Å². The Hall–Kier alpha value is -1.67. The van der Waals surface area contributed by atoms with E-state index in [1.807, 2.05) is 12.1 Å². The molecule has 1 nitrogen and oxygen atoms in total. The molecule has 1 heterocycles. The quantitative estimate of drug-likeness (QED) is 0.807. The Morgan fingerprint density at radius 1 is 0.900 bits per heavy atom. The summed E-state index contributed by atoms with van der Waals surface area (Å²) in [5, 5.41) is 0. The highest BCUT2D eigenvalue weighted by molar-refractivity contribution is 5.21. The van der Waals surface area contributed by atoms with Crippen LogP contribution in [0.5, 0.6) is 0 Å². The van der Waals surface area contributed by atoms with Gasteiger partial charge in [0.25, 0.3) is 0 Å². The van der Waals surface area contributed by atoms with Crippen molar-refractivity contribution in [2.75, 3.05) is 13.1 Å². The Bertz CT molecular complexity index is 527. The largest absolute Gasteiger partial charge is 0.299 e. The second kappa shape index (κ2) is 6.19. The Morgan fingerprint density at radius 3 is 2.20 bits per heavy atom. The topological polar surface area (TPSA) is 3.24 Å². The first kappa shape index (κ1) is 13.3. The van der Waals surface area contributed by atoms with E-state index in [9.17, 15) is 4.39 Å². The zero-order valence-electron chi connectivity index (χ0n) is 11.6. The van der Waals surface area contributed by atoms with Gasteiger partial charge in [0, 0.05) is 6.54 Å². The molecule has 2 aromatic rings. The number of likely N-dealkylation sites (tertiary alicyclic amines) is 1. The number of piperidine rings is 1. The second-order valence-electron chi connectivity index (χ2n) is 5.59. The van der Waals surface area contributed by atoms with Crippen LogP contribution in [-0.4, -0.2) is 18.0 Å². The predicted octanol–water partition coefficient (Wildman–Crippen LogP) is 4.21. The average Bonchev–Trinajstić information content (AvgIpc) is 2.50. The lowest BCUT2D eigenvalue weighted by Crippen LogP contribution is -2.32. The minimum absolute atomic E-state index is 0.143. The molecule has 1 saturated heterocycles. The molecule has 0 aliphatic carbocycles. The summed E-state index contributed by atoms with van der Waals surface area (Å²) in [6.45, 7) is 3.28. The maximum absolute atomic E-state index is 12.9. The molecule has 0 N–H and O–H groups in total. The zero-order chi connectivity index (χ0) is 13.8. The molecule has 1 aliphatic heterocycles. The summed E-state index contributed by atoms with van der Waals surface area (Å²) in [6.07, 6.45) is 2.33. The van der Waals surface area contributed by atoms with Crippen LogP contribution in [0, 0.1) is 5.82 Å². The molecule has 0 spiro atoms. The lowest BCUT2D eigenvalue weighted by atomic mass is 9.89. The fourth-order valence-corrected chi connectivity index (χ4v) is 3.00. The molecule has 0 aromatic heterocycles. The van der Waals surface area contributed by atoms with Gasteiger partial charge in [0.2, 0.25) is 0 Å². The van der Waals surface area contributed by atoms with E-state index in [1.165, 1.54) is 24.0 Å². The molecule has 104 valence electrons. The molecule has 0 saturated carbocycles. The molecule has 2 heteroatoms. The van der Waals surface area contributed by atoms with Gasteiger partial charge in [0.15, 0.2) is 0 Å². The summed E-state index contributed by atoms with van der Waals surface area (Å²) in [6, 6.07) is 17.7. The van der Waals surface area contributed by atoms with E-state index in [1.54, 1.807) is 12.1 Å². The fraction of sp³-hybridized carbons (Fsp3) is 0.333. The molecule has 20 heavy (non-hydrogen) atoms. The van der Waals surface area contributed by atoms with Crippen molar-refractivity contribution in [1.29, 1.82) is 0 Å². The monoisotopic (exact) mass is 269 g/mol. The van der Waals surface area contributed by atoms with Crippen LogP contribution in [0.15, 0.2) is 54.6 Å². The van der Waals surface area contributed by atoms with Crippen molar-refractivity contribution in [2.45, 2.75) is 25.3 Å². The average molecular weight is 269 g/mol.